The molecule has 0 saturated heterocycles. The summed E-state index contributed by atoms with van der Waals surface area (Å²) >= 11 is 0. The van der Waals surface area contributed by atoms with E-state index in [2.05, 4.69) is 11.9 Å². The molecule has 10 heavy (non-hydrogen) atoms. The minimum atomic E-state index is -1.16. The van der Waals surface area contributed by atoms with Crippen molar-refractivity contribution in [3.8, 4) is 0 Å². The summed E-state index contributed by atoms with van der Waals surface area (Å²) in [5.74, 6) is -0.326. The van der Waals surface area contributed by atoms with Crippen LogP contribution in [0.2, 0.25) is 0 Å². The molecular formula is C7H13NO2. The first-order valence-corrected chi connectivity index (χ1v) is 3.03. The predicted molar refractivity (Wildman–Crippen MR) is 39.3 cm³/mol. The fourth-order valence-electron chi connectivity index (χ4n) is 0.385. The van der Waals surface area contributed by atoms with E-state index in [0.717, 1.165) is 0 Å². The molecule has 0 fully saturated rings. The van der Waals surface area contributed by atoms with Crippen molar-refractivity contribution in [2.75, 3.05) is 0 Å². The van der Waals surface area contributed by atoms with Gasteiger partial charge in [-0.2, -0.15) is 0 Å². The average Bonchev–Trinajstić information content (AvgIpc) is 1.60. The van der Waals surface area contributed by atoms with Crippen LogP contribution in [0.5, 0.6) is 0 Å². The number of rotatable bonds is 2. The van der Waals surface area contributed by atoms with E-state index in [-0.39, 0.29) is 5.91 Å². The van der Waals surface area contributed by atoms with E-state index in [1.165, 1.54) is 13.8 Å². The molecule has 0 aromatic carbocycles. The number of hydrogen-bond donors (Lipinski definition) is 2. The molecule has 0 aromatic rings. The number of carbonyl (C=O) groups excluding carboxylic acids is 1. The topological polar surface area (TPSA) is 49.3 Å². The van der Waals surface area contributed by atoms with Crippen LogP contribution in [0, 0.1) is 0 Å². The van der Waals surface area contributed by atoms with Gasteiger partial charge in [-0.1, -0.05) is 6.58 Å². The molecular weight excluding hydrogens is 130 g/mol. The number of amides is 1. The fraction of sp³-hybridized carbons (Fsp3) is 0.571. The van der Waals surface area contributed by atoms with Crippen LogP contribution in [0.15, 0.2) is 12.2 Å². The van der Waals surface area contributed by atoms with Gasteiger partial charge in [0.15, 0.2) is 0 Å². The van der Waals surface area contributed by atoms with Crippen LogP contribution in [0.3, 0.4) is 0 Å². The van der Waals surface area contributed by atoms with Crippen molar-refractivity contribution < 1.29 is 9.90 Å². The molecule has 0 rings (SSSR count). The lowest BCUT2D eigenvalue weighted by molar-refractivity contribution is -0.123. The quantitative estimate of drug-likeness (QED) is 0.434. The Morgan fingerprint density at radius 1 is 1.60 bits per heavy atom. The lowest BCUT2D eigenvalue weighted by atomic mass is 10.2. The molecule has 0 atom stereocenters. The summed E-state index contributed by atoms with van der Waals surface area (Å²) in [4.78, 5) is 10.8. The molecule has 0 spiro atoms. The van der Waals surface area contributed by atoms with E-state index in [4.69, 9.17) is 5.11 Å². The molecule has 3 heteroatoms. The SMILES string of the molecule is C=C(C)C(=O)NC(C)(C)O. The second-order valence-corrected chi connectivity index (χ2v) is 2.79. The third-order valence-electron chi connectivity index (χ3n) is 0.807. The van der Waals surface area contributed by atoms with Gasteiger partial charge in [0, 0.05) is 5.57 Å². The van der Waals surface area contributed by atoms with Crippen LogP contribution in [0.4, 0.5) is 0 Å². The zero-order valence-electron chi connectivity index (χ0n) is 6.56. The minimum Gasteiger partial charge on any atom is -0.372 e. The second-order valence-electron chi connectivity index (χ2n) is 2.79. The zero-order chi connectivity index (χ0) is 8.36. The average molecular weight is 143 g/mol. The first-order chi connectivity index (χ1) is 4.33. The third-order valence-corrected chi connectivity index (χ3v) is 0.807. The van der Waals surface area contributed by atoms with Gasteiger partial charge in [0.1, 0.15) is 5.72 Å². The lowest BCUT2D eigenvalue weighted by Crippen LogP contribution is -2.43. The highest BCUT2D eigenvalue weighted by molar-refractivity contribution is 5.92. The van der Waals surface area contributed by atoms with Crippen molar-refractivity contribution in [2.45, 2.75) is 26.5 Å². The van der Waals surface area contributed by atoms with Crippen LogP contribution < -0.4 is 5.32 Å². The van der Waals surface area contributed by atoms with Crippen LogP contribution in [0.25, 0.3) is 0 Å². The van der Waals surface area contributed by atoms with E-state index in [0.29, 0.717) is 5.57 Å². The maximum Gasteiger partial charge on any atom is 0.248 e. The van der Waals surface area contributed by atoms with Crippen molar-refractivity contribution in [3.63, 3.8) is 0 Å². The molecule has 0 unspecified atom stereocenters. The van der Waals surface area contributed by atoms with Gasteiger partial charge in [-0.05, 0) is 20.8 Å². The molecule has 2 N–H and O–H groups in total. The van der Waals surface area contributed by atoms with E-state index in [1.807, 2.05) is 0 Å². The maximum atomic E-state index is 10.8. The van der Waals surface area contributed by atoms with Crippen molar-refractivity contribution in [1.29, 1.82) is 0 Å². The molecule has 0 aliphatic rings. The highest BCUT2D eigenvalue weighted by Gasteiger charge is 2.15. The van der Waals surface area contributed by atoms with E-state index < -0.39 is 5.72 Å². The Morgan fingerprint density at radius 3 is 2.10 bits per heavy atom. The van der Waals surface area contributed by atoms with Gasteiger partial charge in [0.2, 0.25) is 5.91 Å². The molecule has 1 amide bonds. The Hall–Kier alpha value is -0.830. The monoisotopic (exact) mass is 143 g/mol. The molecule has 0 aromatic heterocycles. The Kier molecular flexibility index (Phi) is 2.60. The normalized spacial score (nSPS) is 10.8. The summed E-state index contributed by atoms with van der Waals surface area (Å²) in [5.41, 5.74) is -0.766. The Morgan fingerprint density at radius 2 is 2.00 bits per heavy atom. The van der Waals surface area contributed by atoms with E-state index in [9.17, 15) is 4.79 Å². The van der Waals surface area contributed by atoms with Crippen molar-refractivity contribution in [2.24, 2.45) is 0 Å². The van der Waals surface area contributed by atoms with Gasteiger partial charge in [-0.25, -0.2) is 0 Å². The summed E-state index contributed by atoms with van der Waals surface area (Å²) in [6.45, 7) is 7.99. The number of nitrogens with one attached hydrogen (secondary N) is 1. The minimum absolute atomic E-state index is 0.326. The standard InChI is InChI=1S/C7H13NO2/c1-5(2)6(9)8-7(3,4)10/h10H,1H2,2-4H3,(H,8,9). The molecule has 0 saturated carbocycles. The van der Waals surface area contributed by atoms with E-state index >= 15 is 0 Å². The molecule has 3 nitrogen and oxygen atoms in total. The Bertz CT molecular complexity index is 155. The highest BCUT2D eigenvalue weighted by Crippen LogP contribution is 1.96. The lowest BCUT2D eigenvalue weighted by Gasteiger charge is -2.18. The summed E-state index contributed by atoms with van der Waals surface area (Å²) in [6, 6.07) is 0. The number of hydrogen-bond acceptors (Lipinski definition) is 2. The second kappa shape index (κ2) is 2.84. The van der Waals surface area contributed by atoms with Crippen LogP contribution >= 0.6 is 0 Å². The van der Waals surface area contributed by atoms with E-state index in [1.54, 1.807) is 6.92 Å². The first kappa shape index (κ1) is 9.17. The van der Waals surface area contributed by atoms with Gasteiger partial charge >= 0.3 is 0 Å². The molecule has 0 radical (unpaired) electrons. The maximum absolute atomic E-state index is 10.8. The van der Waals surface area contributed by atoms with Crippen LogP contribution in [-0.2, 0) is 4.79 Å². The van der Waals surface area contributed by atoms with Gasteiger partial charge in [-0.3, -0.25) is 4.79 Å². The fourth-order valence-corrected chi connectivity index (χ4v) is 0.385. The molecule has 0 aliphatic carbocycles. The Balaban J connectivity index is 3.93. The van der Waals surface area contributed by atoms with Crippen LogP contribution in [-0.4, -0.2) is 16.7 Å². The number of aliphatic hydroxyl groups is 1. The Labute approximate surface area is 60.7 Å². The summed E-state index contributed by atoms with van der Waals surface area (Å²) in [5, 5.41) is 11.4. The van der Waals surface area contributed by atoms with Crippen molar-refractivity contribution in [3.05, 3.63) is 12.2 Å². The summed E-state index contributed by atoms with van der Waals surface area (Å²) < 4.78 is 0. The summed E-state index contributed by atoms with van der Waals surface area (Å²) in [7, 11) is 0. The van der Waals surface area contributed by atoms with Crippen molar-refractivity contribution >= 4 is 5.91 Å². The zero-order valence-corrected chi connectivity index (χ0v) is 6.56. The van der Waals surface area contributed by atoms with Gasteiger partial charge < -0.3 is 10.4 Å². The van der Waals surface area contributed by atoms with Gasteiger partial charge in [0.05, 0.1) is 0 Å². The van der Waals surface area contributed by atoms with Gasteiger partial charge in [-0.15, -0.1) is 0 Å². The first-order valence-electron chi connectivity index (χ1n) is 3.03. The molecule has 0 bridgehead atoms. The number of carbonyl (C=O) groups is 1. The highest BCUT2D eigenvalue weighted by atomic mass is 16.3. The van der Waals surface area contributed by atoms with Crippen molar-refractivity contribution in [1.82, 2.24) is 5.32 Å². The predicted octanol–water partition coefficient (Wildman–Crippen LogP) is 0.407. The van der Waals surface area contributed by atoms with Crippen LogP contribution in [0.1, 0.15) is 20.8 Å². The smallest absolute Gasteiger partial charge is 0.248 e. The third kappa shape index (κ3) is 4.09. The molecule has 0 heterocycles. The summed E-state index contributed by atoms with van der Waals surface area (Å²) in [6.07, 6.45) is 0. The molecule has 58 valence electrons. The van der Waals surface area contributed by atoms with Gasteiger partial charge in [0.25, 0.3) is 0 Å². The molecule has 0 aliphatic heterocycles. The largest absolute Gasteiger partial charge is 0.372 e.